The third-order valence-electron chi connectivity index (χ3n) is 4.81. The first-order chi connectivity index (χ1) is 13.2. The van der Waals surface area contributed by atoms with Crippen LogP contribution >= 0.6 is 0 Å². The maximum atomic E-state index is 12.9. The summed E-state index contributed by atoms with van der Waals surface area (Å²) in [6.45, 7) is 0.401. The van der Waals surface area contributed by atoms with Gasteiger partial charge in [-0.1, -0.05) is 54.6 Å². The van der Waals surface area contributed by atoms with Gasteiger partial charge in [-0.15, -0.1) is 0 Å². The topological polar surface area (TPSA) is 49.4 Å². The van der Waals surface area contributed by atoms with Crippen molar-refractivity contribution in [2.45, 2.75) is 12.5 Å². The van der Waals surface area contributed by atoms with E-state index in [1.165, 1.54) is 0 Å². The Kier molecular flexibility index (Phi) is 4.71. The van der Waals surface area contributed by atoms with Gasteiger partial charge in [-0.2, -0.15) is 0 Å². The summed E-state index contributed by atoms with van der Waals surface area (Å²) < 4.78 is 0. The highest BCUT2D eigenvalue weighted by Gasteiger charge is 2.30. The fourth-order valence-electron chi connectivity index (χ4n) is 3.43. The number of fused-ring (bicyclic) bond motifs is 1. The van der Waals surface area contributed by atoms with E-state index in [0.29, 0.717) is 18.5 Å². The lowest BCUT2D eigenvalue weighted by Crippen LogP contribution is -2.46. The van der Waals surface area contributed by atoms with E-state index >= 15 is 0 Å². The molecule has 0 spiro atoms. The zero-order valence-electron chi connectivity index (χ0n) is 14.8. The number of benzene rings is 3. The van der Waals surface area contributed by atoms with Crippen LogP contribution in [0.5, 0.6) is 0 Å². The summed E-state index contributed by atoms with van der Waals surface area (Å²) >= 11 is 0. The summed E-state index contributed by atoms with van der Waals surface area (Å²) in [5, 5.41) is 2.93. The molecule has 0 radical (unpaired) electrons. The van der Waals surface area contributed by atoms with Crippen molar-refractivity contribution in [1.29, 1.82) is 0 Å². The highest BCUT2D eigenvalue weighted by Crippen LogP contribution is 2.31. The third kappa shape index (κ3) is 3.60. The maximum Gasteiger partial charge on any atom is 0.251 e. The van der Waals surface area contributed by atoms with Crippen LogP contribution in [-0.4, -0.2) is 24.3 Å². The molecule has 0 fully saturated rings. The molecule has 3 aromatic rings. The summed E-state index contributed by atoms with van der Waals surface area (Å²) in [6, 6.07) is 26.3. The molecule has 0 aliphatic carbocycles. The first kappa shape index (κ1) is 17.0. The summed E-state index contributed by atoms with van der Waals surface area (Å²) in [7, 11) is 0. The number of nitrogens with one attached hydrogen (secondary N) is 1. The average molecular weight is 356 g/mol. The molecule has 1 aliphatic heterocycles. The SMILES string of the molecule is O=C(N[C@H]1CN(c2ccccc2)c2ccccc2CC1=O)c1ccccc1. The predicted molar refractivity (Wildman–Crippen MR) is 106 cm³/mol. The van der Waals surface area contributed by atoms with Gasteiger partial charge in [0, 0.05) is 23.4 Å². The lowest BCUT2D eigenvalue weighted by Gasteiger charge is -2.27. The van der Waals surface area contributed by atoms with E-state index in [1.807, 2.05) is 72.8 Å². The number of hydrogen-bond donors (Lipinski definition) is 1. The van der Waals surface area contributed by atoms with E-state index in [0.717, 1.165) is 16.9 Å². The molecule has 1 heterocycles. The Morgan fingerprint density at radius 2 is 1.48 bits per heavy atom. The van der Waals surface area contributed by atoms with Crippen LogP contribution in [0.15, 0.2) is 84.9 Å². The van der Waals surface area contributed by atoms with Gasteiger partial charge in [-0.05, 0) is 35.9 Å². The zero-order valence-corrected chi connectivity index (χ0v) is 14.8. The number of Topliss-reactive ketones (excluding diaryl/α,β-unsaturated/α-hetero) is 1. The molecular weight excluding hydrogens is 336 g/mol. The quantitative estimate of drug-likeness (QED) is 0.778. The number of hydrogen-bond acceptors (Lipinski definition) is 3. The van der Waals surface area contributed by atoms with Gasteiger partial charge in [0.05, 0.1) is 6.54 Å². The van der Waals surface area contributed by atoms with Crippen molar-refractivity contribution >= 4 is 23.1 Å². The van der Waals surface area contributed by atoms with Crippen molar-refractivity contribution < 1.29 is 9.59 Å². The van der Waals surface area contributed by atoms with Gasteiger partial charge in [0.2, 0.25) is 0 Å². The third-order valence-corrected chi connectivity index (χ3v) is 4.81. The first-order valence-corrected chi connectivity index (χ1v) is 9.01. The maximum absolute atomic E-state index is 12.9. The largest absolute Gasteiger partial charge is 0.340 e. The number of para-hydroxylation sites is 2. The van der Waals surface area contributed by atoms with Gasteiger partial charge in [0.1, 0.15) is 6.04 Å². The van der Waals surface area contributed by atoms with Gasteiger partial charge < -0.3 is 10.2 Å². The van der Waals surface area contributed by atoms with Gasteiger partial charge in [-0.25, -0.2) is 0 Å². The van der Waals surface area contributed by atoms with E-state index in [9.17, 15) is 9.59 Å². The van der Waals surface area contributed by atoms with Crippen LogP contribution in [0.2, 0.25) is 0 Å². The van der Waals surface area contributed by atoms with Crippen LogP contribution < -0.4 is 10.2 Å². The molecule has 27 heavy (non-hydrogen) atoms. The van der Waals surface area contributed by atoms with Crippen LogP contribution in [0.3, 0.4) is 0 Å². The van der Waals surface area contributed by atoms with E-state index in [4.69, 9.17) is 0 Å². The number of anilines is 2. The molecule has 3 aromatic carbocycles. The predicted octanol–water partition coefficient (Wildman–Crippen LogP) is 3.75. The molecule has 4 nitrogen and oxygen atoms in total. The Morgan fingerprint density at radius 3 is 2.22 bits per heavy atom. The lowest BCUT2D eigenvalue weighted by molar-refractivity contribution is -0.119. The molecule has 1 N–H and O–H groups in total. The van der Waals surface area contributed by atoms with Crippen molar-refractivity contribution in [3.63, 3.8) is 0 Å². The number of carbonyl (C=O) groups is 2. The van der Waals surface area contributed by atoms with E-state index < -0.39 is 6.04 Å². The Morgan fingerprint density at radius 1 is 0.852 bits per heavy atom. The first-order valence-electron chi connectivity index (χ1n) is 9.01. The molecule has 0 bridgehead atoms. The second-order valence-electron chi connectivity index (χ2n) is 6.61. The van der Waals surface area contributed by atoms with Crippen LogP contribution in [0.1, 0.15) is 15.9 Å². The second-order valence-corrected chi connectivity index (χ2v) is 6.61. The summed E-state index contributed by atoms with van der Waals surface area (Å²) in [5.41, 5.74) is 3.54. The standard InChI is InChI=1S/C23H20N2O2/c26-22-15-18-11-7-8-14-21(18)25(19-12-5-2-6-13-19)16-20(22)24-23(27)17-9-3-1-4-10-17/h1-14,20H,15-16H2,(H,24,27)/t20-/m0/s1. The monoisotopic (exact) mass is 356 g/mol. The molecule has 1 amide bonds. The second kappa shape index (κ2) is 7.46. The number of rotatable bonds is 3. The molecule has 134 valence electrons. The average Bonchev–Trinajstić information content (AvgIpc) is 2.86. The highest BCUT2D eigenvalue weighted by atomic mass is 16.2. The Bertz CT molecular complexity index is 954. The van der Waals surface area contributed by atoms with E-state index in [-0.39, 0.29) is 11.7 Å². The zero-order chi connectivity index (χ0) is 18.6. The Hall–Kier alpha value is -3.40. The molecular formula is C23H20N2O2. The fraction of sp³-hybridized carbons (Fsp3) is 0.130. The highest BCUT2D eigenvalue weighted by molar-refractivity contribution is 5.99. The van der Waals surface area contributed by atoms with Crippen molar-refractivity contribution in [3.8, 4) is 0 Å². The Labute approximate surface area is 158 Å². The smallest absolute Gasteiger partial charge is 0.251 e. The van der Waals surface area contributed by atoms with Crippen LogP contribution in [-0.2, 0) is 11.2 Å². The van der Waals surface area contributed by atoms with Crippen molar-refractivity contribution in [2.75, 3.05) is 11.4 Å². The Balaban J connectivity index is 1.67. The van der Waals surface area contributed by atoms with Gasteiger partial charge >= 0.3 is 0 Å². The van der Waals surface area contributed by atoms with Crippen LogP contribution in [0, 0.1) is 0 Å². The molecule has 0 saturated carbocycles. The minimum atomic E-state index is -0.578. The molecule has 0 aromatic heterocycles. The number of nitrogens with zero attached hydrogens (tertiary/aromatic N) is 1. The summed E-state index contributed by atoms with van der Waals surface area (Å²) in [4.78, 5) is 27.6. The molecule has 1 atom stereocenters. The fourth-order valence-corrected chi connectivity index (χ4v) is 3.43. The van der Waals surface area contributed by atoms with E-state index in [2.05, 4.69) is 10.2 Å². The van der Waals surface area contributed by atoms with Crippen molar-refractivity contribution in [2.24, 2.45) is 0 Å². The number of ketones is 1. The summed E-state index contributed by atoms with van der Waals surface area (Å²) in [6.07, 6.45) is 0.305. The molecule has 1 aliphatic rings. The van der Waals surface area contributed by atoms with Gasteiger partial charge in [0.15, 0.2) is 5.78 Å². The van der Waals surface area contributed by atoms with Crippen molar-refractivity contribution in [3.05, 3.63) is 96.1 Å². The van der Waals surface area contributed by atoms with Crippen molar-refractivity contribution in [1.82, 2.24) is 5.32 Å². The van der Waals surface area contributed by atoms with Crippen LogP contribution in [0.25, 0.3) is 0 Å². The summed E-state index contributed by atoms with van der Waals surface area (Å²) in [5.74, 6) is -0.210. The van der Waals surface area contributed by atoms with Crippen LogP contribution in [0.4, 0.5) is 11.4 Å². The van der Waals surface area contributed by atoms with Gasteiger partial charge in [0.25, 0.3) is 5.91 Å². The molecule has 4 heteroatoms. The van der Waals surface area contributed by atoms with E-state index in [1.54, 1.807) is 12.1 Å². The lowest BCUT2D eigenvalue weighted by atomic mass is 10.0. The number of carbonyl (C=O) groups excluding carboxylic acids is 2. The molecule has 0 unspecified atom stereocenters. The van der Waals surface area contributed by atoms with Gasteiger partial charge in [-0.3, -0.25) is 9.59 Å². The minimum Gasteiger partial charge on any atom is -0.340 e. The molecule has 4 rings (SSSR count). The minimum absolute atomic E-state index is 0.0187. The normalized spacial score (nSPS) is 16.4. The number of amides is 1. The molecule has 0 saturated heterocycles.